The molecule has 2 fully saturated rings. The molecular formula is C25H26N6O. The van der Waals surface area contributed by atoms with E-state index >= 15 is 0 Å². The molecule has 2 aliphatic rings. The van der Waals surface area contributed by atoms with E-state index in [2.05, 4.69) is 32.2 Å². The highest BCUT2D eigenvalue weighted by Gasteiger charge is 2.60. The summed E-state index contributed by atoms with van der Waals surface area (Å²) in [5, 5.41) is 7.75. The van der Waals surface area contributed by atoms with Crippen LogP contribution in [0.2, 0.25) is 0 Å². The van der Waals surface area contributed by atoms with Gasteiger partial charge in [0.25, 0.3) is 0 Å². The van der Waals surface area contributed by atoms with Crippen molar-refractivity contribution in [2.24, 2.45) is 11.8 Å². The molecule has 4 aromatic rings. The van der Waals surface area contributed by atoms with Gasteiger partial charge in [-0.3, -0.25) is 4.79 Å². The van der Waals surface area contributed by atoms with Crippen molar-refractivity contribution in [1.29, 1.82) is 0 Å². The lowest BCUT2D eigenvalue weighted by Gasteiger charge is -2.28. The molecule has 7 heteroatoms. The number of aromatic nitrogens is 4. The predicted octanol–water partition coefficient (Wildman–Crippen LogP) is 4.20. The van der Waals surface area contributed by atoms with Gasteiger partial charge < -0.3 is 10.2 Å². The molecule has 32 heavy (non-hydrogen) atoms. The molecule has 1 saturated heterocycles. The number of carbonyl (C=O) groups is 1. The molecule has 1 N–H and O–H groups in total. The van der Waals surface area contributed by atoms with Crippen LogP contribution in [0.5, 0.6) is 0 Å². The van der Waals surface area contributed by atoms with Gasteiger partial charge in [-0.05, 0) is 67.1 Å². The number of anilines is 2. The van der Waals surface area contributed by atoms with Gasteiger partial charge in [0.2, 0.25) is 5.91 Å². The van der Waals surface area contributed by atoms with Crippen LogP contribution in [0.15, 0.2) is 67.1 Å². The third-order valence-electron chi connectivity index (χ3n) is 6.91. The Morgan fingerprint density at radius 2 is 2.06 bits per heavy atom. The second-order valence-corrected chi connectivity index (χ2v) is 8.84. The van der Waals surface area contributed by atoms with Crippen LogP contribution >= 0.6 is 0 Å². The number of fused-ring (bicyclic) bond motifs is 2. The van der Waals surface area contributed by atoms with Crippen LogP contribution in [0.3, 0.4) is 0 Å². The van der Waals surface area contributed by atoms with E-state index in [0.29, 0.717) is 23.7 Å². The predicted molar refractivity (Wildman–Crippen MR) is 125 cm³/mol. The fraction of sp³-hybridized carbons (Fsp3) is 0.280. The molecule has 6 rings (SSSR count). The Morgan fingerprint density at radius 3 is 2.91 bits per heavy atom. The van der Waals surface area contributed by atoms with Crippen LogP contribution in [-0.2, 0) is 4.79 Å². The number of nitrogens with one attached hydrogen (secondary N) is 1. The van der Waals surface area contributed by atoms with Crippen molar-refractivity contribution in [2.45, 2.75) is 32.4 Å². The Morgan fingerprint density at radius 1 is 1.16 bits per heavy atom. The Bertz CT molecular complexity index is 1320. The van der Waals surface area contributed by atoms with Crippen molar-refractivity contribution >= 4 is 22.9 Å². The number of nitrogens with zero attached hydrogens (tertiary/aromatic N) is 5. The summed E-state index contributed by atoms with van der Waals surface area (Å²) in [4.78, 5) is 24.6. The molecule has 1 aromatic carbocycles. The second kappa shape index (κ2) is 7.15. The Hall–Kier alpha value is -3.74. The highest BCUT2D eigenvalue weighted by molar-refractivity contribution is 5.98. The number of benzene rings is 1. The molecule has 0 bridgehead atoms. The molecule has 1 aliphatic carbocycles. The van der Waals surface area contributed by atoms with E-state index in [9.17, 15) is 4.79 Å². The zero-order valence-electron chi connectivity index (χ0n) is 18.0. The van der Waals surface area contributed by atoms with E-state index in [0.717, 1.165) is 34.6 Å². The fourth-order valence-corrected chi connectivity index (χ4v) is 5.09. The monoisotopic (exact) mass is 426 g/mol. The molecule has 4 atom stereocenters. The first-order chi connectivity index (χ1) is 15.6. The molecule has 3 aromatic heterocycles. The van der Waals surface area contributed by atoms with Gasteiger partial charge in [-0.15, -0.1) is 5.10 Å². The molecule has 1 amide bonds. The van der Waals surface area contributed by atoms with Crippen molar-refractivity contribution < 1.29 is 6.22 Å². The maximum absolute atomic E-state index is 13.3. The highest BCUT2D eigenvalue weighted by Crippen LogP contribution is 2.54. The summed E-state index contributed by atoms with van der Waals surface area (Å²) in [6.07, 6.45) is 6.36. The van der Waals surface area contributed by atoms with Gasteiger partial charge >= 0.3 is 0 Å². The quantitative estimate of drug-likeness (QED) is 0.529. The smallest absolute Gasteiger partial charge is 0.247 e. The largest absolute Gasteiger partial charge is 0.341 e. The lowest BCUT2D eigenvalue weighted by atomic mass is 10.1. The molecule has 4 heterocycles. The molecule has 1 saturated carbocycles. The molecule has 1 aliphatic heterocycles. The van der Waals surface area contributed by atoms with Crippen molar-refractivity contribution in [3.63, 3.8) is 0 Å². The first-order valence-electron chi connectivity index (χ1n) is 11.0. The molecule has 0 spiro atoms. The van der Waals surface area contributed by atoms with Gasteiger partial charge in [0.05, 0.1) is 11.7 Å². The van der Waals surface area contributed by atoms with Gasteiger partial charge in [-0.2, -0.15) is 0 Å². The topological polar surface area (TPSA) is 75.4 Å². The van der Waals surface area contributed by atoms with E-state index in [-0.39, 0.29) is 13.4 Å². The lowest BCUT2D eigenvalue weighted by Crippen LogP contribution is -2.43. The molecule has 162 valence electrons. The third-order valence-corrected chi connectivity index (χ3v) is 6.91. The van der Waals surface area contributed by atoms with Crippen molar-refractivity contribution in [1.82, 2.24) is 19.6 Å². The summed E-state index contributed by atoms with van der Waals surface area (Å²) < 4.78 is 1.81. The maximum Gasteiger partial charge on any atom is 0.247 e. The Kier molecular flexibility index (Phi) is 4.24. The van der Waals surface area contributed by atoms with E-state index in [1.165, 1.54) is 0 Å². The summed E-state index contributed by atoms with van der Waals surface area (Å²) in [5.41, 5.74) is 3.66. The van der Waals surface area contributed by atoms with Gasteiger partial charge in [0, 0.05) is 31.1 Å². The summed E-state index contributed by atoms with van der Waals surface area (Å²) in [7, 11) is 0. The average molecular weight is 427 g/mol. The fourth-order valence-electron chi connectivity index (χ4n) is 5.09. The van der Waals surface area contributed by atoms with Crippen LogP contribution in [-0.4, -0.2) is 37.6 Å². The maximum atomic E-state index is 13.3. The summed E-state index contributed by atoms with van der Waals surface area (Å²) in [6.45, 7) is 4.28. The molecular weight excluding hydrogens is 400 g/mol. The number of piperidine rings is 1. The zero-order chi connectivity index (χ0) is 21.8. The number of hydrogen-bond acceptors (Lipinski definition) is 5. The minimum absolute atomic E-state index is 0. The number of carbonyl (C=O) groups excluding carboxylic acids is 1. The molecule has 3 unspecified atom stereocenters. The SMILES string of the molecule is Cc1ccc(NC(=O)[C@H]2CC3C(C)C3N2c2ccccn2)cc1-c1ncc2cccn2n1.[HH]. The summed E-state index contributed by atoms with van der Waals surface area (Å²) in [6, 6.07) is 15.9. The van der Waals surface area contributed by atoms with Crippen LogP contribution < -0.4 is 10.2 Å². The summed E-state index contributed by atoms with van der Waals surface area (Å²) >= 11 is 0. The van der Waals surface area contributed by atoms with Crippen LogP contribution in [0.25, 0.3) is 16.9 Å². The second-order valence-electron chi connectivity index (χ2n) is 8.84. The standard InChI is InChI=1S/C25H24N6O.H2/c1-15-8-9-17(12-19(15)24-27-14-18-6-5-11-30(18)29-24)28-25(32)21-13-20-16(2)23(20)31(21)22-7-3-4-10-26-22;/h3-12,14,16,20-21,23H,13H2,1-2H3,(H,28,32);1H/t16?,20?,21-,23?;/m1./s1. The number of hydrogen-bond donors (Lipinski definition) is 1. The summed E-state index contributed by atoms with van der Waals surface area (Å²) in [5.74, 6) is 2.68. The van der Waals surface area contributed by atoms with Crippen LogP contribution in [0.1, 0.15) is 20.3 Å². The minimum atomic E-state index is -0.215. The molecule has 0 radical (unpaired) electrons. The highest BCUT2D eigenvalue weighted by atomic mass is 16.2. The van der Waals surface area contributed by atoms with Gasteiger partial charge in [-0.1, -0.05) is 19.1 Å². The normalized spacial score (nSPS) is 23.9. The van der Waals surface area contributed by atoms with E-state index in [1.807, 2.05) is 72.4 Å². The number of aryl methyl sites for hydroxylation is 1. The lowest BCUT2D eigenvalue weighted by molar-refractivity contribution is -0.117. The van der Waals surface area contributed by atoms with E-state index in [1.54, 1.807) is 6.20 Å². The number of rotatable bonds is 4. The Balaban J connectivity index is 0.00000228. The molecule has 7 nitrogen and oxygen atoms in total. The third kappa shape index (κ3) is 3.04. The minimum Gasteiger partial charge on any atom is -0.341 e. The number of amides is 1. The van der Waals surface area contributed by atoms with Crippen molar-refractivity contribution in [2.75, 3.05) is 10.2 Å². The van der Waals surface area contributed by atoms with Crippen molar-refractivity contribution in [3.8, 4) is 11.4 Å². The van der Waals surface area contributed by atoms with Crippen LogP contribution in [0.4, 0.5) is 11.5 Å². The van der Waals surface area contributed by atoms with Crippen molar-refractivity contribution in [3.05, 3.63) is 72.7 Å². The number of pyridine rings is 1. The first kappa shape index (κ1) is 19.0. The van der Waals surface area contributed by atoms with Gasteiger partial charge in [0.1, 0.15) is 11.9 Å². The van der Waals surface area contributed by atoms with Gasteiger partial charge in [0.15, 0.2) is 5.82 Å². The average Bonchev–Trinajstić information content (AvgIpc) is 3.17. The van der Waals surface area contributed by atoms with E-state index < -0.39 is 0 Å². The Labute approximate surface area is 187 Å². The van der Waals surface area contributed by atoms with E-state index in [4.69, 9.17) is 0 Å². The van der Waals surface area contributed by atoms with Crippen LogP contribution in [0, 0.1) is 18.8 Å². The first-order valence-corrected chi connectivity index (χ1v) is 11.0. The zero-order valence-corrected chi connectivity index (χ0v) is 18.0. The van der Waals surface area contributed by atoms with Gasteiger partial charge in [-0.25, -0.2) is 14.5 Å².